The smallest absolute Gasteiger partial charge is 0.220 e. The minimum Gasteiger partial charge on any atom is -0.394 e. The number of hydrogen-bond acceptors (Lipinski definition) is 13. The van der Waals surface area contributed by atoms with Crippen molar-refractivity contribution in [2.75, 3.05) is 19.8 Å². The van der Waals surface area contributed by atoms with Crippen molar-refractivity contribution in [2.24, 2.45) is 0 Å². The summed E-state index contributed by atoms with van der Waals surface area (Å²) in [6, 6.07) is -0.819. The number of amides is 1. The van der Waals surface area contributed by atoms with Crippen LogP contribution in [0, 0.1) is 0 Å². The third-order valence-electron chi connectivity index (χ3n) is 14.3. The molecule has 14 nitrogen and oxygen atoms in total. The van der Waals surface area contributed by atoms with Gasteiger partial charge in [0.05, 0.1) is 32.0 Å². The van der Waals surface area contributed by atoms with E-state index in [1.807, 2.05) is 0 Å². The normalized spacial score (nSPS) is 26.3. The maximum atomic E-state index is 13.2. The molecule has 9 N–H and O–H groups in total. The van der Waals surface area contributed by atoms with Gasteiger partial charge < -0.3 is 65.1 Å². The SMILES string of the molecule is CCCCCCCCCCCCCCCCCCCCCCCCCCCCCC(=O)NC(COC1OC(CO)C(OC2OC(CO)C(O)C(O)C2O)C(O)C1O)C(O)CCCCCCCCC. The van der Waals surface area contributed by atoms with E-state index in [0.717, 1.165) is 51.4 Å². The van der Waals surface area contributed by atoms with Crippen LogP contribution in [0.2, 0.25) is 0 Å². The van der Waals surface area contributed by atoms with Gasteiger partial charge in [-0.25, -0.2) is 0 Å². The van der Waals surface area contributed by atoms with Crippen LogP contribution in [0.15, 0.2) is 0 Å². The van der Waals surface area contributed by atoms with Crippen molar-refractivity contribution in [3.63, 3.8) is 0 Å². The Hall–Kier alpha value is -1.01. The van der Waals surface area contributed by atoms with Gasteiger partial charge in [0.25, 0.3) is 0 Å². The number of hydrogen-bond donors (Lipinski definition) is 9. The molecular weight excluding hydrogens is 871 g/mol. The molecule has 2 saturated heterocycles. The van der Waals surface area contributed by atoms with Crippen LogP contribution in [0.4, 0.5) is 0 Å². The maximum absolute atomic E-state index is 13.2. The maximum Gasteiger partial charge on any atom is 0.220 e. The van der Waals surface area contributed by atoms with E-state index >= 15 is 0 Å². The van der Waals surface area contributed by atoms with Crippen molar-refractivity contribution in [1.82, 2.24) is 5.32 Å². The van der Waals surface area contributed by atoms with Gasteiger partial charge >= 0.3 is 0 Å². The molecule has 2 aliphatic rings. The summed E-state index contributed by atoms with van der Waals surface area (Å²) in [6.45, 7) is 2.82. The predicted octanol–water partition coefficient (Wildman–Crippen LogP) is 8.56. The Kier molecular flexibility index (Phi) is 38.5. The van der Waals surface area contributed by atoms with Gasteiger partial charge in [0.15, 0.2) is 12.6 Å². The van der Waals surface area contributed by atoms with Crippen molar-refractivity contribution >= 4 is 5.91 Å². The zero-order valence-electron chi connectivity index (χ0n) is 43.1. The molecule has 0 aromatic heterocycles. The third-order valence-corrected chi connectivity index (χ3v) is 14.3. The number of carbonyl (C=O) groups is 1. The summed E-state index contributed by atoms with van der Waals surface area (Å²) in [7, 11) is 0. The topological polar surface area (TPSA) is 228 Å². The molecule has 2 heterocycles. The van der Waals surface area contributed by atoms with Crippen LogP contribution >= 0.6 is 0 Å². The number of carbonyl (C=O) groups excluding carboxylic acids is 1. The van der Waals surface area contributed by atoms with Gasteiger partial charge in [-0.2, -0.15) is 0 Å². The average Bonchev–Trinajstić information content (AvgIpc) is 3.34. The Balaban J connectivity index is 1.62. The second-order valence-corrected chi connectivity index (χ2v) is 20.4. The molecule has 0 aromatic carbocycles. The zero-order valence-corrected chi connectivity index (χ0v) is 43.1. The van der Waals surface area contributed by atoms with E-state index in [1.54, 1.807) is 0 Å². The van der Waals surface area contributed by atoms with Gasteiger partial charge in [-0.3, -0.25) is 4.79 Å². The van der Waals surface area contributed by atoms with Crippen molar-refractivity contribution in [1.29, 1.82) is 0 Å². The lowest BCUT2D eigenvalue weighted by Gasteiger charge is -2.46. The van der Waals surface area contributed by atoms with Gasteiger partial charge in [0, 0.05) is 6.42 Å². The van der Waals surface area contributed by atoms with Gasteiger partial charge in [-0.05, 0) is 12.8 Å². The molecule has 12 atom stereocenters. The van der Waals surface area contributed by atoms with E-state index in [-0.39, 0.29) is 12.5 Å². The van der Waals surface area contributed by atoms with E-state index in [2.05, 4.69) is 19.2 Å². The molecule has 404 valence electrons. The summed E-state index contributed by atoms with van der Waals surface area (Å²) in [6.07, 6.45) is 27.3. The van der Waals surface area contributed by atoms with E-state index in [1.165, 1.54) is 167 Å². The quantitative estimate of drug-likeness (QED) is 0.0261. The highest BCUT2D eigenvalue weighted by Gasteiger charge is 2.51. The Labute approximate surface area is 413 Å². The van der Waals surface area contributed by atoms with Crippen molar-refractivity contribution in [2.45, 2.75) is 319 Å². The second-order valence-electron chi connectivity index (χ2n) is 20.4. The van der Waals surface area contributed by atoms with Crippen LogP contribution in [-0.4, -0.2) is 140 Å². The number of aliphatic hydroxyl groups is 8. The molecule has 0 radical (unpaired) electrons. The van der Waals surface area contributed by atoms with Crippen molar-refractivity contribution in [3.8, 4) is 0 Å². The molecule has 12 unspecified atom stereocenters. The predicted molar refractivity (Wildman–Crippen MR) is 268 cm³/mol. The molecule has 68 heavy (non-hydrogen) atoms. The number of ether oxygens (including phenoxy) is 4. The lowest BCUT2D eigenvalue weighted by molar-refractivity contribution is -0.359. The minimum absolute atomic E-state index is 0.205. The van der Waals surface area contributed by atoms with Crippen LogP contribution in [0.3, 0.4) is 0 Å². The molecule has 2 fully saturated rings. The lowest BCUT2D eigenvalue weighted by atomic mass is 9.97. The Morgan fingerprint density at radius 3 is 1.25 bits per heavy atom. The highest BCUT2D eigenvalue weighted by molar-refractivity contribution is 5.76. The summed E-state index contributed by atoms with van der Waals surface area (Å²) in [5, 5.41) is 86.7. The lowest BCUT2D eigenvalue weighted by Crippen LogP contribution is -2.65. The summed E-state index contributed by atoms with van der Waals surface area (Å²) < 4.78 is 22.7. The standard InChI is InChI=1S/C54H105NO13/c1-3-5-7-9-11-12-13-14-15-16-17-18-19-20-21-22-23-24-25-26-27-28-29-30-32-34-36-38-46(59)55-42(43(58)37-35-33-31-10-8-6-4-2)41-65-53-51(64)49(62)52(45(40-57)67-53)68-54-50(63)48(61)47(60)44(39-56)66-54/h42-45,47-54,56-58,60-64H,3-41H2,1-2H3,(H,55,59). The molecular formula is C54H105NO13. The Morgan fingerprint density at radius 2 is 0.838 bits per heavy atom. The summed E-state index contributed by atoms with van der Waals surface area (Å²) in [5.74, 6) is -0.205. The van der Waals surface area contributed by atoms with E-state index < -0.39 is 86.8 Å². The highest BCUT2D eigenvalue weighted by Crippen LogP contribution is 2.30. The fourth-order valence-electron chi connectivity index (χ4n) is 9.71. The number of nitrogens with one attached hydrogen (secondary N) is 1. The molecule has 0 saturated carbocycles. The highest BCUT2D eigenvalue weighted by atomic mass is 16.7. The van der Waals surface area contributed by atoms with E-state index in [0.29, 0.717) is 12.8 Å². The Bertz CT molecular complexity index is 1150. The molecule has 0 aliphatic carbocycles. The van der Waals surface area contributed by atoms with Crippen molar-refractivity contribution in [3.05, 3.63) is 0 Å². The molecule has 2 aliphatic heterocycles. The molecule has 0 spiro atoms. The van der Waals surface area contributed by atoms with Crippen LogP contribution < -0.4 is 5.32 Å². The summed E-state index contributed by atoms with van der Waals surface area (Å²) in [4.78, 5) is 13.2. The van der Waals surface area contributed by atoms with Gasteiger partial charge in [-0.15, -0.1) is 0 Å². The molecule has 1 amide bonds. The summed E-state index contributed by atoms with van der Waals surface area (Å²) in [5.41, 5.74) is 0. The van der Waals surface area contributed by atoms with Gasteiger partial charge in [-0.1, -0.05) is 226 Å². The fraction of sp³-hybridized carbons (Fsp3) is 0.981. The van der Waals surface area contributed by atoms with Crippen molar-refractivity contribution < 1.29 is 64.6 Å². The minimum atomic E-state index is -1.78. The first-order valence-electron chi connectivity index (χ1n) is 28.3. The second kappa shape index (κ2) is 41.5. The van der Waals surface area contributed by atoms with E-state index in [9.17, 15) is 45.6 Å². The van der Waals surface area contributed by atoms with Crippen LogP contribution in [0.1, 0.15) is 245 Å². The van der Waals surface area contributed by atoms with Crippen LogP contribution in [0.25, 0.3) is 0 Å². The first kappa shape index (κ1) is 63.1. The zero-order chi connectivity index (χ0) is 49.6. The van der Waals surface area contributed by atoms with Crippen LogP contribution in [0.5, 0.6) is 0 Å². The first-order chi connectivity index (χ1) is 33.1. The fourth-order valence-corrected chi connectivity index (χ4v) is 9.71. The molecule has 0 bridgehead atoms. The van der Waals surface area contributed by atoms with Crippen LogP contribution in [-0.2, 0) is 23.7 Å². The first-order valence-corrected chi connectivity index (χ1v) is 28.3. The molecule has 2 rings (SSSR count). The Morgan fingerprint density at radius 1 is 0.471 bits per heavy atom. The van der Waals surface area contributed by atoms with Gasteiger partial charge in [0.2, 0.25) is 5.91 Å². The van der Waals surface area contributed by atoms with Gasteiger partial charge in [0.1, 0.15) is 48.8 Å². The third kappa shape index (κ3) is 27.7. The number of rotatable bonds is 45. The monoisotopic (exact) mass is 976 g/mol. The molecule has 14 heteroatoms. The van der Waals surface area contributed by atoms with E-state index in [4.69, 9.17) is 18.9 Å². The number of aliphatic hydroxyl groups excluding tert-OH is 8. The summed E-state index contributed by atoms with van der Waals surface area (Å²) >= 11 is 0. The number of unbranched alkanes of at least 4 members (excludes halogenated alkanes) is 32. The average molecular weight is 976 g/mol. The molecule has 0 aromatic rings. The largest absolute Gasteiger partial charge is 0.394 e.